The number of carbonyl (C=O) groups excluding carboxylic acids is 1. The van der Waals surface area contributed by atoms with E-state index in [1.54, 1.807) is 0 Å². The van der Waals surface area contributed by atoms with Gasteiger partial charge in [-0.25, -0.2) is 0 Å². The van der Waals surface area contributed by atoms with Crippen molar-refractivity contribution in [3.8, 4) is 0 Å². The maximum absolute atomic E-state index is 12.5. The Hall–Kier alpha value is -2.79. The van der Waals surface area contributed by atoms with Gasteiger partial charge in [-0.05, 0) is 35.2 Å². The number of carbonyl (C=O) groups is 1. The molecule has 1 aliphatic heterocycles. The summed E-state index contributed by atoms with van der Waals surface area (Å²) >= 11 is 0. The van der Waals surface area contributed by atoms with Crippen molar-refractivity contribution in [3.05, 3.63) is 60.3 Å². The first-order chi connectivity index (χ1) is 12.3. The van der Waals surface area contributed by atoms with E-state index in [4.69, 9.17) is 4.74 Å². The molecule has 1 amide bonds. The molecule has 0 bridgehead atoms. The lowest BCUT2D eigenvalue weighted by atomic mass is 10.1. The van der Waals surface area contributed by atoms with Crippen LogP contribution in [0.2, 0.25) is 0 Å². The molecule has 0 spiro atoms. The van der Waals surface area contributed by atoms with Crippen LogP contribution < -0.4 is 10.2 Å². The van der Waals surface area contributed by atoms with Crippen molar-refractivity contribution in [2.75, 3.05) is 36.5 Å². The molecule has 25 heavy (non-hydrogen) atoms. The van der Waals surface area contributed by atoms with Crippen molar-refractivity contribution in [2.24, 2.45) is 0 Å². The molecule has 1 saturated heterocycles. The van der Waals surface area contributed by atoms with Crippen LogP contribution in [-0.4, -0.2) is 37.2 Å². The van der Waals surface area contributed by atoms with Gasteiger partial charge in [-0.2, -0.15) is 0 Å². The Morgan fingerprint density at radius 2 is 1.96 bits per heavy atom. The zero-order chi connectivity index (χ0) is 17.1. The second kappa shape index (κ2) is 6.99. The molecule has 128 valence electrons. The van der Waals surface area contributed by atoms with Gasteiger partial charge in [0.2, 0.25) is 5.91 Å². The third kappa shape index (κ3) is 3.51. The summed E-state index contributed by atoms with van der Waals surface area (Å²) in [5.41, 5.74) is 3.96. The van der Waals surface area contributed by atoms with Gasteiger partial charge >= 0.3 is 0 Å². The van der Waals surface area contributed by atoms with E-state index in [-0.39, 0.29) is 5.91 Å². The molecular formula is C20H21N3O2. The summed E-state index contributed by atoms with van der Waals surface area (Å²) in [6.07, 6.45) is 2.26. The van der Waals surface area contributed by atoms with E-state index in [0.29, 0.717) is 6.42 Å². The molecule has 3 aromatic rings. The molecule has 1 aliphatic rings. The van der Waals surface area contributed by atoms with Gasteiger partial charge in [-0.3, -0.25) is 4.79 Å². The molecule has 5 heteroatoms. The number of anilines is 2. The standard InChI is InChI=1S/C20H21N3O2/c24-20(14-15-5-6-16-7-8-21-18(16)13-15)22-17-3-1-2-4-19(17)23-9-11-25-12-10-23/h1-8,13,21H,9-12,14H2,(H,22,24). The lowest BCUT2D eigenvalue weighted by molar-refractivity contribution is -0.115. The van der Waals surface area contributed by atoms with Gasteiger partial charge < -0.3 is 19.9 Å². The van der Waals surface area contributed by atoms with Crippen LogP contribution in [0.5, 0.6) is 0 Å². The normalized spacial score (nSPS) is 14.6. The van der Waals surface area contributed by atoms with Crippen molar-refractivity contribution in [2.45, 2.75) is 6.42 Å². The molecule has 0 saturated carbocycles. The van der Waals surface area contributed by atoms with E-state index in [9.17, 15) is 4.79 Å². The number of ether oxygens (including phenoxy) is 1. The van der Waals surface area contributed by atoms with Gasteiger partial charge in [-0.15, -0.1) is 0 Å². The quantitative estimate of drug-likeness (QED) is 0.770. The minimum absolute atomic E-state index is 0.00776. The summed E-state index contributed by atoms with van der Waals surface area (Å²) in [6, 6.07) is 16.0. The molecule has 2 N–H and O–H groups in total. The summed E-state index contributed by atoms with van der Waals surface area (Å²) in [5, 5.41) is 4.22. The molecule has 2 heterocycles. The second-order valence-electron chi connectivity index (χ2n) is 6.24. The summed E-state index contributed by atoms with van der Waals surface area (Å²) in [7, 11) is 0. The molecule has 1 fully saturated rings. The smallest absolute Gasteiger partial charge is 0.228 e. The highest BCUT2D eigenvalue weighted by Crippen LogP contribution is 2.26. The van der Waals surface area contributed by atoms with Crippen molar-refractivity contribution >= 4 is 28.2 Å². The van der Waals surface area contributed by atoms with Crippen LogP contribution in [0.1, 0.15) is 5.56 Å². The number of para-hydroxylation sites is 2. The molecule has 0 atom stereocenters. The lowest BCUT2D eigenvalue weighted by Gasteiger charge is -2.30. The largest absolute Gasteiger partial charge is 0.378 e. The molecule has 1 aromatic heterocycles. The molecule has 0 unspecified atom stereocenters. The second-order valence-corrected chi connectivity index (χ2v) is 6.24. The van der Waals surface area contributed by atoms with E-state index >= 15 is 0 Å². The topological polar surface area (TPSA) is 57.4 Å². The molecule has 0 radical (unpaired) electrons. The van der Waals surface area contributed by atoms with Gasteiger partial charge in [0.1, 0.15) is 0 Å². The first-order valence-corrected chi connectivity index (χ1v) is 8.57. The van der Waals surface area contributed by atoms with Gasteiger partial charge in [-0.1, -0.05) is 24.3 Å². The number of hydrogen-bond acceptors (Lipinski definition) is 3. The van der Waals surface area contributed by atoms with E-state index in [0.717, 1.165) is 54.1 Å². The summed E-state index contributed by atoms with van der Waals surface area (Å²) in [6.45, 7) is 3.13. The average Bonchev–Trinajstić information content (AvgIpc) is 3.10. The highest BCUT2D eigenvalue weighted by atomic mass is 16.5. The molecule has 0 aliphatic carbocycles. The Balaban J connectivity index is 1.48. The summed E-state index contributed by atoms with van der Waals surface area (Å²) in [5.74, 6) is -0.00776. The third-order valence-electron chi connectivity index (χ3n) is 4.51. The van der Waals surface area contributed by atoms with Gasteiger partial charge in [0.15, 0.2) is 0 Å². The number of nitrogens with one attached hydrogen (secondary N) is 2. The number of rotatable bonds is 4. The number of amides is 1. The molecule has 4 rings (SSSR count). The van der Waals surface area contributed by atoms with Gasteiger partial charge in [0, 0.05) is 24.8 Å². The number of fused-ring (bicyclic) bond motifs is 1. The Morgan fingerprint density at radius 3 is 2.84 bits per heavy atom. The maximum atomic E-state index is 12.5. The number of aromatic amines is 1. The predicted octanol–water partition coefficient (Wildman–Crippen LogP) is 3.19. The number of hydrogen-bond donors (Lipinski definition) is 2. The molecule has 5 nitrogen and oxygen atoms in total. The SMILES string of the molecule is O=C(Cc1ccc2cc[nH]c2c1)Nc1ccccc1N1CCOCC1. The van der Waals surface area contributed by atoms with Crippen LogP contribution >= 0.6 is 0 Å². The molecule has 2 aromatic carbocycles. The monoisotopic (exact) mass is 335 g/mol. The van der Waals surface area contributed by atoms with Crippen molar-refractivity contribution in [1.29, 1.82) is 0 Å². The fourth-order valence-corrected chi connectivity index (χ4v) is 3.24. The summed E-state index contributed by atoms with van der Waals surface area (Å²) in [4.78, 5) is 18.0. The van der Waals surface area contributed by atoms with E-state index < -0.39 is 0 Å². The maximum Gasteiger partial charge on any atom is 0.228 e. The van der Waals surface area contributed by atoms with Crippen molar-refractivity contribution in [1.82, 2.24) is 4.98 Å². The number of nitrogens with zero attached hydrogens (tertiary/aromatic N) is 1. The summed E-state index contributed by atoms with van der Waals surface area (Å²) < 4.78 is 5.42. The first-order valence-electron chi connectivity index (χ1n) is 8.57. The minimum Gasteiger partial charge on any atom is -0.378 e. The van der Waals surface area contributed by atoms with E-state index in [1.165, 1.54) is 0 Å². The van der Waals surface area contributed by atoms with Crippen LogP contribution in [0.15, 0.2) is 54.7 Å². The third-order valence-corrected chi connectivity index (χ3v) is 4.51. The highest BCUT2D eigenvalue weighted by molar-refractivity contribution is 5.96. The lowest BCUT2D eigenvalue weighted by Crippen LogP contribution is -2.36. The fourth-order valence-electron chi connectivity index (χ4n) is 3.24. The number of morpholine rings is 1. The van der Waals surface area contributed by atoms with Gasteiger partial charge in [0.05, 0.1) is 31.0 Å². The number of H-pyrrole nitrogens is 1. The Morgan fingerprint density at radius 1 is 1.12 bits per heavy atom. The molecular weight excluding hydrogens is 314 g/mol. The highest BCUT2D eigenvalue weighted by Gasteiger charge is 2.15. The number of benzene rings is 2. The van der Waals surface area contributed by atoms with Crippen molar-refractivity contribution < 1.29 is 9.53 Å². The Kier molecular flexibility index (Phi) is 4.39. The van der Waals surface area contributed by atoms with Crippen LogP contribution in [0, 0.1) is 0 Å². The fraction of sp³-hybridized carbons (Fsp3) is 0.250. The first kappa shape index (κ1) is 15.7. The zero-order valence-corrected chi connectivity index (χ0v) is 14.0. The average molecular weight is 335 g/mol. The van der Waals surface area contributed by atoms with Gasteiger partial charge in [0.25, 0.3) is 0 Å². The van der Waals surface area contributed by atoms with Crippen LogP contribution in [0.4, 0.5) is 11.4 Å². The Bertz CT molecular complexity index is 881. The van der Waals surface area contributed by atoms with Crippen LogP contribution in [0.3, 0.4) is 0 Å². The Labute approximate surface area is 146 Å². The number of aromatic nitrogens is 1. The van der Waals surface area contributed by atoms with Crippen molar-refractivity contribution in [3.63, 3.8) is 0 Å². The zero-order valence-electron chi connectivity index (χ0n) is 14.0. The van der Waals surface area contributed by atoms with E-state index in [2.05, 4.69) is 15.2 Å². The van der Waals surface area contributed by atoms with Crippen LogP contribution in [0.25, 0.3) is 10.9 Å². The minimum atomic E-state index is -0.00776. The van der Waals surface area contributed by atoms with E-state index in [1.807, 2.05) is 54.7 Å². The van der Waals surface area contributed by atoms with Crippen LogP contribution in [-0.2, 0) is 16.0 Å². The predicted molar refractivity (Wildman–Crippen MR) is 100 cm³/mol.